The van der Waals surface area contributed by atoms with Crippen molar-refractivity contribution in [2.24, 2.45) is 0 Å². The second-order valence-electron chi connectivity index (χ2n) is 4.92. The summed E-state index contributed by atoms with van der Waals surface area (Å²) in [5.74, 6) is 0.385. The van der Waals surface area contributed by atoms with Crippen LogP contribution in [0.15, 0.2) is 42.6 Å². The molecule has 19 heavy (non-hydrogen) atoms. The number of rotatable bonds is 3. The van der Waals surface area contributed by atoms with Gasteiger partial charge in [0.25, 0.3) is 5.91 Å². The van der Waals surface area contributed by atoms with E-state index in [1.165, 1.54) is 5.56 Å². The minimum atomic E-state index is -0.109. The van der Waals surface area contributed by atoms with Gasteiger partial charge in [-0.05, 0) is 42.7 Å². The van der Waals surface area contributed by atoms with E-state index in [0.29, 0.717) is 11.5 Å². The van der Waals surface area contributed by atoms with Crippen molar-refractivity contribution in [3.8, 4) is 0 Å². The summed E-state index contributed by atoms with van der Waals surface area (Å²) in [6.07, 6.45) is 1.64. The fourth-order valence-corrected chi connectivity index (χ4v) is 1.84. The molecule has 98 valence electrons. The van der Waals surface area contributed by atoms with Gasteiger partial charge in [-0.3, -0.25) is 9.78 Å². The number of hydrogen-bond donors (Lipinski definition) is 1. The Morgan fingerprint density at radius 3 is 2.42 bits per heavy atom. The van der Waals surface area contributed by atoms with Crippen molar-refractivity contribution in [2.75, 3.05) is 5.32 Å². The number of benzene rings is 1. The van der Waals surface area contributed by atoms with Crippen LogP contribution < -0.4 is 5.32 Å². The number of pyridine rings is 1. The normalized spacial score (nSPS) is 10.5. The third kappa shape index (κ3) is 3.41. The summed E-state index contributed by atoms with van der Waals surface area (Å²) in [4.78, 5) is 16.1. The molecule has 0 atom stereocenters. The summed E-state index contributed by atoms with van der Waals surface area (Å²) in [6.45, 7) is 6.16. The highest BCUT2D eigenvalue weighted by atomic mass is 16.1. The van der Waals surface area contributed by atoms with Gasteiger partial charge in [-0.1, -0.05) is 26.0 Å². The van der Waals surface area contributed by atoms with Crippen LogP contribution in [0, 0.1) is 6.92 Å². The smallest absolute Gasteiger partial charge is 0.255 e. The fraction of sp³-hybridized carbons (Fsp3) is 0.250. The van der Waals surface area contributed by atoms with E-state index in [1.54, 1.807) is 18.3 Å². The molecular weight excluding hydrogens is 236 g/mol. The first-order chi connectivity index (χ1) is 9.06. The van der Waals surface area contributed by atoms with Crippen molar-refractivity contribution in [1.29, 1.82) is 0 Å². The van der Waals surface area contributed by atoms with Crippen LogP contribution in [0.5, 0.6) is 0 Å². The minimum absolute atomic E-state index is 0.109. The van der Waals surface area contributed by atoms with Gasteiger partial charge >= 0.3 is 0 Å². The fourth-order valence-electron chi connectivity index (χ4n) is 1.84. The Bertz CT molecular complexity index is 574. The predicted molar refractivity (Wildman–Crippen MR) is 77.5 cm³/mol. The largest absolute Gasteiger partial charge is 0.322 e. The van der Waals surface area contributed by atoms with Gasteiger partial charge in [-0.25, -0.2) is 0 Å². The third-order valence-corrected chi connectivity index (χ3v) is 2.99. The van der Waals surface area contributed by atoms with Gasteiger partial charge in [0.2, 0.25) is 0 Å². The van der Waals surface area contributed by atoms with Crippen LogP contribution in [-0.2, 0) is 0 Å². The van der Waals surface area contributed by atoms with Crippen LogP contribution in [-0.4, -0.2) is 10.9 Å². The molecule has 1 aromatic carbocycles. The monoisotopic (exact) mass is 254 g/mol. The molecule has 1 heterocycles. The third-order valence-electron chi connectivity index (χ3n) is 2.99. The van der Waals surface area contributed by atoms with Gasteiger partial charge in [0.15, 0.2) is 0 Å². The molecule has 0 aliphatic rings. The standard InChI is InChI=1S/C16H18N2O/c1-11(2)13-4-6-15(7-5-13)18-16(19)14-8-9-17-12(3)10-14/h4-11H,1-3H3,(H,18,19). The van der Waals surface area contributed by atoms with Gasteiger partial charge in [0.05, 0.1) is 0 Å². The molecule has 0 fully saturated rings. The zero-order valence-electron chi connectivity index (χ0n) is 11.5. The minimum Gasteiger partial charge on any atom is -0.322 e. The number of aromatic nitrogens is 1. The van der Waals surface area contributed by atoms with Crippen LogP contribution in [0.4, 0.5) is 5.69 Å². The maximum atomic E-state index is 12.0. The van der Waals surface area contributed by atoms with Gasteiger partial charge < -0.3 is 5.32 Å². The summed E-state index contributed by atoms with van der Waals surface area (Å²) in [5, 5.41) is 2.88. The Morgan fingerprint density at radius 2 is 1.84 bits per heavy atom. The number of anilines is 1. The Kier molecular flexibility index (Phi) is 3.95. The van der Waals surface area contributed by atoms with Crippen LogP contribution in [0.3, 0.4) is 0 Å². The lowest BCUT2D eigenvalue weighted by Gasteiger charge is -2.08. The Morgan fingerprint density at radius 1 is 1.16 bits per heavy atom. The van der Waals surface area contributed by atoms with E-state index < -0.39 is 0 Å². The Labute approximate surface area is 113 Å². The molecule has 3 nitrogen and oxygen atoms in total. The van der Waals surface area contributed by atoms with Gasteiger partial charge in [0.1, 0.15) is 0 Å². The number of hydrogen-bond acceptors (Lipinski definition) is 2. The van der Waals surface area contributed by atoms with E-state index >= 15 is 0 Å². The van der Waals surface area contributed by atoms with E-state index in [2.05, 4.69) is 24.1 Å². The number of nitrogens with one attached hydrogen (secondary N) is 1. The highest BCUT2D eigenvalue weighted by molar-refractivity contribution is 6.04. The molecule has 0 radical (unpaired) electrons. The topological polar surface area (TPSA) is 42.0 Å². The van der Waals surface area contributed by atoms with Crippen molar-refractivity contribution >= 4 is 11.6 Å². The maximum Gasteiger partial charge on any atom is 0.255 e. The van der Waals surface area contributed by atoms with Crippen LogP contribution in [0.2, 0.25) is 0 Å². The first-order valence-electron chi connectivity index (χ1n) is 6.40. The average Bonchev–Trinajstić information content (AvgIpc) is 2.39. The van der Waals surface area contributed by atoms with E-state index in [0.717, 1.165) is 11.4 Å². The molecule has 1 N–H and O–H groups in total. The van der Waals surface area contributed by atoms with Crippen molar-refractivity contribution in [3.63, 3.8) is 0 Å². The predicted octanol–water partition coefficient (Wildman–Crippen LogP) is 3.77. The molecule has 3 heteroatoms. The summed E-state index contributed by atoms with van der Waals surface area (Å²) < 4.78 is 0. The number of nitrogens with zero attached hydrogens (tertiary/aromatic N) is 1. The van der Waals surface area contributed by atoms with E-state index in [1.807, 2.05) is 31.2 Å². The molecule has 1 amide bonds. The number of carbonyl (C=O) groups is 1. The number of carbonyl (C=O) groups excluding carboxylic acids is 1. The van der Waals surface area contributed by atoms with Crippen molar-refractivity contribution in [3.05, 3.63) is 59.4 Å². The quantitative estimate of drug-likeness (QED) is 0.906. The number of aryl methyl sites for hydroxylation is 1. The summed E-state index contributed by atoms with van der Waals surface area (Å²) >= 11 is 0. The molecule has 1 aromatic heterocycles. The molecule has 0 aliphatic carbocycles. The Hall–Kier alpha value is -2.16. The van der Waals surface area contributed by atoms with Crippen molar-refractivity contribution < 1.29 is 4.79 Å². The van der Waals surface area contributed by atoms with Gasteiger partial charge in [-0.15, -0.1) is 0 Å². The average molecular weight is 254 g/mol. The lowest BCUT2D eigenvalue weighted by atomic mass is 10.0. The first-order valence-corrected chi connectivity index (χ1v) is 6.40. The highest BCUT2D eigenvalue weighted by Gasteiger charge is 2.06. The molecule has 0 spiro atoms. The zero-order chi connectivity index (χ0) is 13.8. The van der Waals surface area contributed by atoms with E-state index in [9.17, 15) is 4.79 Å². The second-order valence-corrected chi connectivity index (χ2v) is 4.92. The van der Waals surface area contributed by atoms with E-state index in [-0.39, 0.29) is 5.91 Å². The SMILES string of the molecule is Cc1cc(C(=O)Nc2ccc(C(C)C)cc2)ccn1. The summed E-state index contributed by atoms with van der Waals surface area (Å²) in [5.41, 5.74) is 3.53. The molecule has 0 saturated heterocycles. The molecule has 0 unspecified atom stereocenters. The van der Waals surface area contributed by atoms with Crippen molar-refractivity contribution in [2.45, 2.75) is 26.7 Å². The summed E-state index contributed by atoms with van der Waals surface area (Å²) in [7, 11) is 0. The van der Waals surface area contributed by atoms with E-state index in [4.69, 9.17) is 0 Å². The van der Waals surface area contributed by atoms with Crippen molar-refractivity contribution in [1.82, 2.24) is 4.98 Å². The van der Waals surface area contributed by atoms with Crippen LogP contribution >= 0.6 is 0 Å². The zero-order valence-corrected chi connectivity index (χ0v) is 11.5. The van der Waals surface area contributed by atoms with Gasteiger partial charge in [-0.2, -0.15) is 0 Å². The lowest BCUT2D eigenvalue weighted by Crippen LogP contribution is -2.12. The van der Waals surface area contributed by atoms with Crippen LogP contribution in [0.25, 0.3) is 0 Å². The Balaban J connectivity index is 2.10. The molecular formula is C16H18N2O. The molecule has 0 saturated carbocycles. The second kappa shape index (κ2) is 5.65. The molecule has 2 rings (SSSR count). The lowest BCUT2D eigenvalue weighted by molar-refractivity contribution is 0.102. The molecule has 2 aromatic rings. The van der Waals surface area contributed by atoms with Gasteiger partial charge in [0, 0.05) is 23.1 Å². The maximum absolute atomic E-state index is 12.0. The van der Waals surface area contributed by atoms with Crippen LogP contribution in [0.1, 0.15) is 41.4 Å². The first kappa shape index (κ1) is 13.3. The summed E-state index contributed by atoms with van der Waals surface area (Å²) in [6, 6.07) is 11.4. The molecule has 0 bridgehead atoms. The molecule has 0 aliphatic heterocycles. The highest BCUT2D eigenvalue weighted by Crippen LogP contribution is 2.17. The number of amides is 1.